The molecule has 0 aromatic rings. The highest BCUT2D eigenvalue weighted by atomic mass is 28.4. The van der Waals surface area contributed by atoms with Crippen molar-refractivity contribution in [2.75, 3.05) is 0 Å². The predicted molar refractivity (Wildman–Crippen MR) is 108 cm³/mol. The molecule has 0 N–H and O–H groups in total. The maximum Gasteiger partial charge on any atom is 0.184 e. The molecule has 1 aliphatic carbocycles. The number of hydrogen-bond acceptors (Lipinski definition) is 2. The first-order chi connectivity index (χ1) is 11.5. The highest BCUT2D eigenvalue weighted by Gasteiger charge is 2.57. The zero-order valence-electron chi connectivity index (χ0n) is 17.6. The van der Waals surface area contributed by atoms with Gasteiger partial charge in [-0.05, 0) is 71.5 Å². The Bertz CT molecular complexity index is 571. The summed E-state index contributed by atoms with van der Waals surface area (Å²) in [6.45, 7) is 18.6. The highest BCUT2D eigenvalue weighted by molar-refractivity contribution is 6.69. The van der Waals surface area contributed by atoms with Gasteiger partial charge in [0.2, 0.25) is 0 Å². The van der Waals surface area contributed by atoms with Crippen molar-refractivity contribution >= 4 is 8.32 Å². The molecular weight excluding hydrogens is 324 g/mol. The topological polar surface area (TPSA) is 18.5 Å². The second-order valence-corrected chi connectivity index (χ2v) is 14.7. The lowest BCUT2D eigenvalue weighted by Crippen LogP contribution is -2.53. The second-order valence-electron chi connectivity index (χ2n) is 10.3. The maximum absolute atomic E-state index is 6.85. The van der Waals surface area contributed by atoms with Gasteiger partial charge in [-0.2, -0.15) is 0 Å². The van der Waals surface area contributed by atoms with Crippen molar-refractivity contribution in [3.63, 3.8) is 0 Å². The van der Waals surface area contributed by atoms with Crippen molar-refractivity contribution in [3.8, 4) is 0 Å². The highest BCUT2D eigenvalue weighted by Crippen LogP contribution is 2.54. The molecule has 0 unspecified atom stereocenters. The lowest BCUT2D eigenvalue weighted by atomic mass is 9.63. The summed E-state index contributed by atoms with van der Waals surface area (Å²) >= 11 is 0. The molecule has 0 aromatic heterocycles. The van der Waals surface area contributed by atoms with Gasteiger partial charge in [-0.3, -0.25) is 0 Å². The summed E-state index contributed by atoms with van der Waals surface area (Å²) in [4.78, 5) is 0. The summed E-state index contributed by atoms with van der Waals surface area (Å²) in [6, 6.07) is 0. The minimum atomic E-state index is -1.66. The third-order valence-electron chi connectivity index (χ3n) is 6.59. The summed E-state index contributed by atoms with van der Waals surface area (Å²) in [5.41, 5.74) is 2.82. The average molecular weight is 363 g/mol. The van der Waals surface area contributed by atoms with Crippen LogP contribution in [0.1, 0.15) is 53.9 Å². The molecule has 3 heteroatoms. The number of hydrogen-bond donors (Lipinski definition) is 0. The van der Waals surface area contributed by atoms with Crippen LogP contribution < -0.4 is 0 Å². The molecule has 0 amide bonds. The minimum absolute atomic E-state index is 0.200. The fraction of sp³-hybridized carbons (Fsp3) is 0.818. The Balaban J connectivity index is 2.06. The van der Waals surface area contributed by atoms with Gasteiger partial charge in [-0.25, -0.2) is 0 Å². The molecule has 0 spiro atoms. The van der Waals surface area contributed by atoms with E-state index in [9.17, 15) is 0 Å². The molecule has 25 heavy (non-hydrogen) atoms. The maximum atomic E-state index is 6.85. The van der Waals surface area contributed by atoms with Crippen LogP contribution in [0.25, 0.3) is 0 Å². The Hall–Kier alpha value is -0.383. The van der Waals surface area contributed by atoms with Crippen molar-refractivity contribution in [1.29, 1.82) is 0 Å². The van der Waals surface area contributed by atoms with Crippen LogP contribution in [0, 0.1) is 23.7 Å². The Morgan fingerprint density at radius 1 is 1.20 bits per heavy atom. The largest absolute Gasteiger partial charge is 0.409 e. The number of fused-ring (bicyclic) bond motifs is 5. The van der Waals surface area contributed by atoms with E-state index in [1.807, 2.05) is 0 Å². The molecule has 3 rings (SSSR count). The van der Waals surface area contributed by atoms with Crippen molar-refractivity contribution < 1.29 is 9.16 Å². The summed E-state index contributed by atoms with van der Waals surface area (Å²) in [7, 11) is -1.66. The third-order valence-corrected chi connectivity index (χ3v) is 7.67. The molecule has 1 fully saturated rings. The van der Waals surface area contributed by atoms with E-state index >= 15 is 0 Å². The number of rotatable bonds is 3. The SMILES string of the molecule is CC1=CC[C@H](C(C)C)[C@@H]2[C@H]1[C@H]1C/C(C)=C\C[C@@](C)(O[Si](C)(C)C)[C@@H]2O1. The van der Waals surface area contributed by atoms with E-state index in [0.29, 0.717) is 29.8 Å². The first-order valence-electron chi connectivity index (χ1n) is 10.2. The molecule has 0 radical (unpaired) electrons. The average Bonchev–Trinajstić information content (AvgIpc) is 2.84. The van der Waals surface area contributed by atoms with Gasteiger partial charge in [0.1, 0.15) is 0 Å². The van der Waals surface area contributed by atoms with Crippen LogP contribution in [-0.4, -0.2) is 26.1 Å². The van der Waals surface area contributed by atoms with Crippen LogP contribution in [0.5, 0.6) is 0 Å². The summed E-state index contributed by atoms with van der Waals surface area (Å²) in [5.74, 6) is 2.55. The quantitative estimate of drug-likeness (QED) is 0.455. The van der Waals surface area contributed by atoms with Crippen LogP contribution in [0.15, 0.2) is 23.3 Å². The van der Waals surface area contributed by atoms with Gasteiger partial charge >= 0.3 is 0 Å². The van der Waals surface area contributed by atoms with Crippen LogP contribution >= 0.6 is 0 Å². The molecule has 3 aliphatic rings. The summed E-state index contributed by atoms with van der Waals surface area (Å²) in [5, 5.41) is 0. The molecule has 2 heterocycles. The monoisotopic (exact) mass is 362 g/mol. The van der Waals surface area contributed by atoms with Crippen LogP contribution in [-0.2, 0) is 9.16 Å². The molecule has 0 aromatic carbocycles. The van der Waals surface area contributed by atoms with Gasteiger partial charge in [-0.15, -0.1) is 0 Å². The fourth-order valence-electron chi connectivity index (χ4n) is 5.64. The van der Waals surface area contributed by atoms with Gasteiger partial charge in [0.05, 0.1) is 17.8 Å². The van der Waals surface area contributed by atoms with Gasteiger partial charge < -0.3 is 9.16 Å². The molecule has 142 valence electrons. The second kappa shape index (κ2) is 6.65. The smallest absolute Gasteiger partial charge is 0.184 e. The van der Waals surface area contributed by atoms with Gasteiger partial charge in [-0.1, -0.05) is 37.1 Å². The third kappa shape index (κ3) is 3.70. The van der Waals surface area contributed by atoms with Crippen molar-refractivity contribution in [3.05, 3.63) is 23.3 Å². The molecule has 2 nitrogen and oxygen atoms in total. The molecular formula is C22H38O2Si. The lowest BCUT2D eigenvalue weighted by molar-refractivity contribution is -0.104. The standard InChI is InChI=1S/C22H38O2Si/c1-14(2)17-10-9-16(4)19-18-13-15(3)11-12-22(5,24-25(6,7)8)21(23-18)20(17)19/h9,11,14,17-21H,10,12-13H2,1-8H3/b15-11-/t17-,18-,19-,20-,21-,22-/m1/s1. The lowest BCUT2D eigenvalue weighted by Gasteiger charge is -2.46. The van der Waals surface area contributed by atoms with Gasteiger partial charge in [0.25, 0.3) is 0 Å². The van der Waals surface area contributed by atoms with E-state index in [0.717, 1.165) is 12.8 Å². The van der Waals surface area contributed by atoms with Crippen molar-refractivity contribution in [1.82, 2.24) is 0 Å². The molecule has 2 aliphatic heterocycles. The Morgan fingerprint density at radius 2 is 1.88 bits per heavy atom. The minimum Gasteiger partial charge on any atom is -0.409 e. The number of ether oxygens (including phenoxy) is 1. The normalized spacial score (nSPS) is 43.8. The first kappa shape index (κ1) is 19.4. The first-order valence-corrected chi connectivity index (χ1v) is 13.6. The summed E-state index contributed by atoms with van der Waals surface area (Å²) in [6.07, 6.45) is 8.74. The van der Waals surface area contributed by atoms with Crippen LogP contribution in [0.4, 0.5) is 0 Å². The Labute approximate surface area is 156 Å². The predicted octanol–water partition coefficient (Wildman–Crippen LogP) is 5.96. The van der Waals surface area contributed by atoms with E-state index in [2.05, 4.69) is 66.4 Å². The summed E-state index contributed by atoms with van der Waals surface area (Å²) < 4.78 is 13.7. The Morgan fingerprint density at radius 3 is 2.48 bits per heavy atom. The van der Waals surface area contributed by atoms with Crippen LogP contribution in [0.2, 0.25) is 19.6 Å². The van der Waals surface area contributed by atoms with E-state index in [1.165, 1.54) is 12.0 Å². The van der Waals surface area contributed by atoms with Crippen LogP contribution in [0.3, 0.4) is 0 Å². The van der Waals surface area contributed by atoms with E-state index in [-0.39, 0.29) is 11.7 Å². The van der Waals surface area contributed by atoms with Crippen molar-refractivity contribution in [2.24, 2.45) is 23.7 Å². The number of allylic oxidation sites excluding steroid dienone is 1. The molecule has 2 bridgehead atoms. The Kier molecular flexibility index (Phi) is 5.16. The zero-order valence-corrected chi connectivity index (χ0v) is 18.6. The van der Waals surface area contributed by atoms with Crippen molar-refractivity contribution in [2.45, 2.75) is 91.3 Å². The van der Waals surface area contributed by atoms with Gasteiger partial charge in [0.15, 0.2) is 8.32 Å². The molecule has 1 saturated heterocycles. The van der Waals surface area contributed by atoms with E-state index in [4.69, 9.17) is 9.16 Å². The van der Waals surface area contributed by atoms with Gasteiger partial charge in [0, 0.05) is 11.8 Å². The molecule has 6 atom stereocenters. The van der Waals surface area contributed by atoms with E-state index < -0.39 is 8.32 Å². The zero-order chi connectivity index (χ0) is 18.6. The molecule has 0 saturated carbocycles. The fourth-order valence-corrected chi connectivity index (χ4v) is 7.24. The van der Waals surface area contributed by atoms with E-state index in [1.54, 1.807) is 5.57 Å².